The molecule has 0 bridgehead atoms. The molecule has 4 aromatic rings. The van der Waals surface area contributed by atoms with Crippen LogP contribution in [0.2, 0.25) is 0 Å². The van der Waals surface area contributed by atoms with Crippen LogP contribution in [0, 0.1) is 6.92 Å². The minimum absolute atomic E-state index is 0.159. The van der Waals surface area contributed by atoms with Crippen molar-refractivity contribution in [1.82, 2.24) is 19.8 Å². The standard InChI is InChI=1S/C28H26F3N5O3/c1-17-10-11-20(34-25(37)18-6-4-7-19(14-18)28(29,30)31)15-23(17)36-16-33-24-21(8-5-9-22(24)27(36)39)26(38)32-12-13-35(2)3/h4-11,14-16H,12-13H2,1-3H3,(H,32,38)(H,34,37). The minimum atomic E-state index is -4.58. The van der Waals surface area contributed by atoms with Crippen LogP contribution in [-0.2, 0) is 6.18 Å². The van der Waals surface area contributed by atoms with Crippen molar-refractivity contribution in [2.24, 2.45) is 0 Å². The predicted octanol–water partition coefficient (Wildman–Crippen LogP) is 4.26. The van der Waals surface area contributed by atoms with Crippen LogP contribution in [0.4, 0.5) is 18.9 Å². The molecule has 0 aliphatic rings. The summed E-state index contributed by atoms with van der Waals surface area (Å²) in [5, 5.41) is 5.63. The van der Waals surface area contributed by atoms with Gasteiger partial charge in [0.1, 0.15) is 6.33 Å². The van der Waals surface area contributed by atoms with Crippen molar-refractivity contribution in [3.8, 4) is 5.69 Å². The molecule has 8 nitrogen and oxygen atoms in total. The number of nitrogens with one attached hydrogen (secondary N) is 2. The topological polar surface area (TPSA) is 96.3 Å². The summed E-state index contributed by atoms with van der Waals surface area (Å²) in [7, 11) is 3.78. The Labute approximate surface area is 222 Å². The van der Waals surface area contributed by atoms with Gasteiger partial charge in [-0.1, -0.05) is 18.2 Å². The van der Waals surface area contributed by atoms with E-state index in [1.165, 1.54) is 23.0 Å². The summed E-state index contributed by atoms with van der Waals surface area (Å²) in [6, 6.07) is 13.7. The van der Waals surface area contributed by atoms with Crippen LogP contribution in [0.3, 0.4) is 0 Å². The first-order valence-electron chi connectivity index (χ1n) is 12.0. The monoisotopic (exact) mass is 537 g/mol. The average Bonchev–Trinajstić information content (AvgIpc) is 2.89. The Kier molecular flexibility index (Phi) is 7.82. The molecule has 0 radical (unpaired) electrons. The second-order valence-corrected chi connectivity index (χ2v) is 9.21. The molecule has 0 atom stereocenters. The van der Waals surface area contributed by atoms with Gasteiger partial charge in [0.2, 0.25) is 0 Å². The number of carbonyl (C=O) groups excluding carboxylic acids is 2. The molecule has 39 heavy (non-hydrogen) atoms. The van der Waals surface area contributed by atoms with E-state index < -0.39 is 23.2 Å². The summed E-state index contributed by atoms with van der Waals surface area (Å²) in [6.07, 6.45) is -3.27. The maximum atomic E-state index is 13.4. The third-order valence-corrected chi connectivity index (χ3v) is 6.06. The number of rotatable bonds is 7. The molecule has 1 heterocycles. The van der Waals surface area contributed by atoms with E-state index in [1.54, 1.807) is 37.3 Å². The minimum Gasteiger partial charge on any atom is -0.351 e. The van der Waals surface area contributed by atoms with E-state index in [0.29, 0.717) is 24.3 Å². The van der Waals surface area contributed by atoms with Crippen molar-refractivity contribution in [1.29, 1.82) is 0 Å². The fourth-order valence-corrected chi connectivity index (χ4v) is 3.98. The van der Waals surface area contributed by atoms with Crippen LogP contribution in [0.5, 0.6) is 0 Å². The number of hydrogen-bond donors (Lipinski definition) is 2. The average molecular weight is 538 g/mol. The number of aryl methyl sites for hydroxylation is 1. The predicted molar refractivity (Wildman–Crippen MR) is 142 cm³/mol. The molecule has 1 aromatic heterocycles. The molecular weight excluding hydrogens is 511 g/mol. The van der Waals surface area contributed by atoms with Gasteiger partial charge in [0.25, 0.3) is 17.4 Å². The molecular formula is C28H26F3N5O3. The Morgan fingerprint density at radius 3 is 2.46 bits per heavy atom. The van der Waals surface area contributed by atoms with Gasteiger partial charge < -0.3 is 15.5 Å². The zero-order chi connectivity index (χ0) is 28.3. The van der Waals surface area contributed by atoms with E-state index in [4.69, 9.17) is 0 Å². The number of aromatic nitrogens is 2. The molecule has 3 aromatic carbocycles. The van der Waals surface area contributed by atoms with Crippen molar-refractivity contribution >= 4 is 28.4 Å². The first kappa shape index (κ1) is 27.5. The third kappa shape index (κ3) is 6.15. The molecule has 2 N–H and O–H groups in total. The molecule has 0 aliphatic heterocycles. The molecule has 0 saturated carbocycles. The number of hydrogen-bond acceptors (Lipinski definition) is 5. The molecule has 0 unspecified atom stereocenters. The maximum absolute atomic E-state index is 13.4. The summed E-state index contributed by atoms with van der Waals surface area (Å²) >= 11 is 0. The molecule has 11 heteroatoms. The summed E-state index contributed by atoms with van der Waals surface area (Å²) in [5.41, 5.74) is 0.394. The smallest absolute Gasteiger partial charge is 0.351 e. The Bertz CT molecular complexity index is 1610. The normalized spacial score (nSPS) is 11.6. The lowest BCUT2D eigenvalue weighted by Gasteiger charge is -2.14. The van der Waals surface area contributed by atoms with E-state index in [2.05, 4.69) is 15.6 Å². The van der Waals surface area contributed by atoms with Gasteiger partial charge >= 0.3 is 6.18 Å². The number of halogens is 3. The van der Waals surface area contributed by atoms with Crippen LogP contribution < -0.4 is 16.2 Å². The molecule has 0 fully saturated rings. The van der Waals surface area contributed by atoms with Gasteiger partial charge in [0.05, 0.1) is 27.7 Å². The molecule has 2 amide bonds. The largest absolute Gasteiger partial charge is 0.416 e. The van der Waals surface area contributed by atoms with Gasteiger partial charge in [-0.2, -0.15) is 13.2 Å². The lowest BCUT2D eigenvalue weighted by molar-refractivity contribution is -0.137. The van der Waals surface area contributed by atoms with E-state index in [9.17, 15) is 27.6 Å². The second-order valence-electron chi connectivity index (χ2n) is 9.21. The van der Waals surface area contributed by atoms with E-state index >= 15 is 0 Å². The number of fused-ring (bicyclic) bond motifs is 1. The van der Waals surface area contributed by atoms with Crippen LogP contribution in [0.1, 0.15) is 31.8 Å². The number of carbonyl (C=O) groups is 2. The highest BCUT2D eigenvalue weighted by atomic mass is 19.4. The van der Waals surface area contributed by atoms with Gasteiger partial charge in [-0.15, -0.1) is 0 Å². The van der Waals surface area contributed by atoms with Gasteiger partial charge in [0.15, 0.2) is 0 Å². The lowest BCUT2D eigenvalue weighted by Crippen LogP contribution is -2.31. The Balaban J connectivity index is 1.65. The van der Waals surface area contributed by atoms with Crippen LogP contribution in [-0.4, -0.2) is 53.5 Å². The quantitative estimate of drug-likeness (QED) is 0.367. The van der Waals surface area contributed by atoms with Gasteiger partial charge in [-0.25, -0.2) is 4.98 Å². The molecule has 0 spiro atoms. The summed E-state index contributed by atoms with van der Waals surface area (Å²) in [5.74, 6) is -1.08. The lowest BCUT2D eigenvalue weighted by atomic mass is 10.1. The number of anilines is 1. The van der Waals surface area contributed by atoms with E-state index in [0.717, 1.165) is 18.2 Å². The van der Waals surface area contributed by atoms with Gasteiger partial charge in [-0.05, 0) is 69.0 Å². The fraction of sp³-hybridized carbons (Fsp3) is 0.214. The fourth-order valence-electron chi connectivity index (χ4n) is 3.98. The van der Waals surface area contributed by atoms with Crippen molar-refractivity contribution in [3.05, 3.63) is 99.6 Å². The SMILES string of the molecule is Cc1ccc(NC(=O)c2cccc(C(F)(F)F)c2)cc1-n1cnc2c(C(=O)NCCN(C)C)cccc2c1=O. The Hall–Kier alpha value is -4.51. The molecule has 202 valence electrons. The first-order chi connectivity index (χ1) is 18.5. The van der Waals surface area contributed by atoms with Crippen molar-refractivity contribution in [3.63, 3.8) is 0 Å². The number of nitrogens with zero attached hydrogens (tertiary/aromatic N) is 3. The number of amides is 2. The third-order valence-electron chi connectivity index (χ3n) is 6.06. The molecule has 0 aliphatic carbocycles. The highest BCUT2D eigenvalue weighted by Gasteiger charge is 2.31. The zero-order valence-corrected chi connectivity index (χ0v) is 21.5. The number of alkyl halides is 3. The summed E-state index contributed by atoms with van der Waals surface area (Å²) in [6.45, 7) is 2.84. The van der Waals surface area contributed by atoms with Crippen LogP contribution in [0.15, 0.2) is 71.8 Å². The summed E-state index contributed by atoms with van der Waals surface area (Å²) in [4.78, 5) is 45.2. The Morgan fingerprint density at radius 2 is 1.74 bits per heavy atom. The molecule has 0 saturated heterocycles. The van der Waals surface area contributed by atoms with Crippen LogP contribution >= 0.6 is 0 Å². The Morgan fingerprint density at radius 1 is 1.00 bits per heavy atom. The van der Waals surface area contributed by atoms with E-state index in [-0.39, 0.29) is 33.6 Å². The second kappa shape index (κ2) is 11.1. The van der Waals surface area contributed by atoms with E-state index in [1.807, 2.05) is 19.0 Å². The summed E-state index contributed by atoms with van der Waals surface area (Å²) < 4.78 is 40.5. The van der Waals surface area contributed by atoms with Crippen LogP contribution in [0.25, 0.3) is 16.6 Å². The zero-order valence-electron chi connectivity index (χ0n) is 21.5. The first-order valence-corrected chi connectivity index (χ1v) is 12.0. The molecule has 4 rings (SSSR count). The van der Waals surface area contributed by atoms with Crippen molar-refractivity contribution in [2.45, 2.75) is 13.1 Å². The number of benzene rings is 3. The highest BCUT2D eigenvalue weighted by molar-refractivity contribution is 6.05. The van der Waals surface area contributed by atoms with Crippen molar-refractivity contribution < 1.29 is 22.8 Å². The number of likely N-dealkylation sites (N-methyl/N-ethyl adjacent to an activating group) is 1. The maximum Gasteiger partial charge on any atom is 0.416 e. The van der Waals surface area contributed by atoms with Gasteiger partial charge in [0, 0.05) is 24.3 Å². The van der Waals surface area contributed by atoms with Crippen molar-refractivity contribution in [2.75, 3.05) is 32.5 Å². The van der Waals surface area contributed by atoms with Gasteiger partial charge in [-0.3, -0.25) is 19.0 Å². The highest BCUT2D eigenvalue weighted by Crippen LogP contribution is 2.30. The number of para-hydroxylation sites is 1.